The standard InChI is InChI=1S/C21H24F3N5O2/c1-26-18(20(30)28-14-7-9-29(2)11-14)16-10-15(5-6-17(16)25)31-12-13-4-3-8-27-19(13)21(22,23)24/h3-6,8,10,14H,7,9,11-12,25H2,1-2H3,(H,28,30). The number of nitrogen functional groups attached to an aromatic ring is 1. The molecule has 0 saturated carbocycles. The highest BCUT2D eigenvalue weighted by Gasteiger charge is 2.35. The van der Waals surface area contributed by atoms with Crippen molar-refractivity contribution in [3.8, 4) is 5.75 Å². The molecule has 31 heavy (non-hydrogen) atoms. The van der Waals surface area contributed by atoms with E-state index >= 15 is 0 Å². The van der Waals surface area contributed by atoms with Crippen LogP contribution in [0.5, 0.6) is 5.75 Å². The zero-order valence-corrected chi connectivity index (χ0v) is 17.2. The molecule has 2 heterocycles. The molecule has 1 aromatic carbocycles. The summed E-state index contributed by atoms with van der Waals surface area (Å²) in [6, 6.07) is 7.29. The average Bonchev–Trinajstić information content (AvgIpc) is 3.13. The van der Waals surface area contributed by atoms with Gasteiger partial charge in [-0.05, 0) is 44.3 Å². The van der Waals surface area contributed by atoms with Crippen molar-refractivity contribution in [2.45, 2.75) is 25.2 Å². The second-order valence-electron chi connectivity index (χ2n) is 7.34. The number of alkyl halides is 3. The topological polar surface area (TPSA) is 92.8 Å². The molecule has 1 atom stereocenters. The number of aromatic nitrogens is 1. The minimum Gasteiger partial charge on any atom is -0.489 e. The van der Waals surface area contributed by atoms with E-state index in [0.29, 0.717) is 11.3 Å². The Bertz CT molecular complexity index is 978. The van der Waals surface area contributed by atoms with Gasteiger partial charge < -0.3 is 20.7 Å². The highest BCUT2D eigenvalue weighted by molar-refractivity contribution is 6.46. The van der Waals surface area contributed by atoms with Crippen LogP contribution in [0.2, 0.25) is 0 Å². The number of nitrogens with zero attached hydrogens (tertiary/aromatic N) is 3. The highest BCUT2D eigenvalue weighted by Crippen LogP contribution is 2.31. The van der Waals surface area contributed by atoms with Crippen molar-refractivity contribution in [2.75, 3.05) is 32.9 Å². The van der Waals surface area contributed by atoms with Crippen molar-refractivity contribution in [1.29, 1.82) is 0 Å². The number of halogens is 3. The minimum atomic E-state index is -4.58. The van der Waals surface area contributed by atoms with Gasteiger partial charge >= 0.3 is 6.18 Å². The van der Waals surface area contributed by atoms with E-state index in [0.717, 1.165) is 25.7 Å². The van der Waals surface area contributed by atoms with Crippen molar-refractivity contribution >= 4 is 17.3 Å². The number of aliphatic imine (C=N–C) groups is 1. The van der Waals surface area contributed by atoms with E-state index in [4.69, 9.17) is 10.5 Å². The first kappa shape index (κ1) is 22.5. The number of pyridine rings is 1. The molecule has 1 aromatic heterocycles. The van der Waals surface area contributed by atoms with E-state index in [1.807, 2.05) is 7.05 Å². The normalized spacial score (nSPS) is 17.6. The Morgan fingerprint density at radius 2 is 2.16 bits per heavy atom. The molecular formula is C21H24F3N5O2. The number of rotatable bonds is 6. The maximum absolute atomic E-state index is 13.1. The van der Waals surface area contributed by atoms with Gasteiger partial charge in [-0.25, -0.2) is 0 Å². The molecule has 0 bridgehead atoms. The third-order valence-electron chi connectivity index (χ3n) is 5.00. The van der Waals surface area contributed by atoms with Crippen LogP contribution < -0.4 is 15.8 Å². The number of hydrogen-bond acceptors (Lipinski definition) is 6. The van der Waals surface area contributed by atoms with E-state index in [-0.39, 0.29) is 35.6 Å². The van der Waals surface area contributed by atoms with Crippen molar-refractivity contribution in [2.24, 2.45) is 4.99 Å². The number of amides is 1. The Morgan fingerprint density at radius 3 is 2.81 bits per heavy atom. The number of nitrogens with two attached hydrogens (primary N) is 1. The minimum absolute atomic E-state index is 0.0151. The van der Waals surface area contributed by atoms with Crippen LogP contribution in [-0.2, 0) is 17.6 Å². The van der Waals surface area contributed by atoms with Crippen molar-refractivity contribution in [1.82, 2.24) is 15.2 Å². The molecule has 3 rings (SSSR count). The molecule has 1 saturated heterocycles. The molecule has 3 N–H and O–H groups in total. The van der Waals surface area contributed by atoms with E-state index in [9.17, 15) is 18.0 Å². The smallest absolute Gasteiger partial charge is 0.433 e. The van der Waals surface area contributed by atoms with Crippen LogP contribution in [0.4, 0.5) is 18.9 Å². The molecule has 166 valence electrons. The summed E-state index contributed by atoms with van der Waals surface area (Å²) in [5.41, 5.74) is 5.74. The molecule has 0 radical (unpaired) electrons. The molecule has 1 aliphatic heterocycles. The fourth-order valence-corrected chi connectivity index (χ4v) is 3.45. The zero-order valence-electron chi connectivity index (χ0n) is 17.2. The number of nitrogens with one attached hydrogen (secondary N) is 1. The Morgan fingerprint density at radius 1 is 1.39 bits per heavy atom. The summed E-state index contributed by atoms with van der Waals surface area (Å²) in [6.07, 6.45) is -2.66. The molecule has 2 aromatic rings. The fourth-order valence-electron chi connectivity index (χ4n) is 3.45. The maximum atomic E-state index is 13.1. The van der Waals surface area contributed by atoms with Crippen LogP contribution in [0.3, 0.4) is 0 Å². The molecular weight excluding hydrogens is 411 g/mol. The third kappa shape index (κ3) is 5.52. The predicted molar refractivity (Wildman–Crippen MR) is 111 cm³/mol. The summed E-state index contributed by atoms with van der Waals surface area (Å²) in [5.74, 6) is -0.103. The van der Waals surface area contributed by atoms with E-state index < -0.39 is 11.9 Å². The maximum Gasteiger partial charge on any atom is 0.433 e. The molecule has 1 aliphatic rings. The molecule has 7 nitrogen and oxygen atoms in total. The van der Waals surface area contributed by atoms with Gasteiger partial charge in [0, 0.05) is 42.6 Å². The van der Waals surface area contributed by atoms with Gasteiger partial charge in [-0.1, -0.05) is 6.07 Å². The molecule has 0 aliphatic carbocycles. The van der Waals surface area contributed by atoms with E-state index in [2.05, 4.69) is 20.2 Å². The molecule has 10 heteroatoms. The van der Waals surface area contributed by atoms with Gasteiger partial charge in [-0.2, -0.15) is 13.2 Å². The summed E-state index contributed by atoms with van der Waals surface area (Å²) >= 11 is 0. The predicted octanol–water partition coefficient (Wildman–Crippen LogP) is 2.50. The number of ether oxygens (including phenoxy) is 1. The molecule has 1 fully saturated rings. The number of anilines is 1. The lowest BCUT2D eigenvalue weighted by atomic mass is 10.1. The van der Waals surface area contributed by atoms with Crippen molar-refractivity contribution in [3.63, 3.8) is 0 Å². The van der Waals surface area contributed by atoms with Crippen LogP contribution in [-0.4, -0.2) is 54.7 Å². The molecule has 0 spiro atoms. The largest absolute Gasteiger partial charge is 0.489 e. The van der Waals surface area contributed by atoms with Crippen molar-refractivity contribution < 1.29 is 22.7 Å². The average molecular weight is 435 g/mol. The van der Waals surface area contributed by atoms with Crippen LogP contribution in [0.25, 0.3) is 0 Å². The van der Waals surface area contributed by atoms with Gasteiger partial charge in [0.25, 0.3) is 5.91 Å². The zero-order chi connectivity index (χ0) is 22.6. The first-order valence-electron chi connectivity index (χ1n) is 9.69. The van der Waals surface area contributed by atoms with E-state index in [1.54, 1.807) is 0 Å². The van der Waals surface area contributed by atoms with E-state index in [1.165, 1.54) is 37.4 Å². The number of likely N-dealkylation sites (tertiary alicyclic amines) is 1. The fraction of sp³-hybridized carbons (Fsp3) is 0.381. The summed E-state index contributed by atoms with van der Waals surface area (Å²) in [6.45, 7) is 1.29. The summed E-state index contributed by atoms with van der Waals surface area (Å²) in [7, 11) is 3.46. The summed E-state index contributed by atoms with van der Waals surface area (Å²) < 4.78 is 44.9. The SMILES string of the molecule is CN=C(C(=O)NC1CCN(C)C1)c1cc(OCc2cccnc2C(F)(F)F)ccc1N. The van der Waals surface area contributed by atoms with Gasteiger partial charge in [-0.15, -0.1) is 0 Å². The number of carbonyl (C=O) groups excluding carboxylic acids is 1. The number of hydrogen-bond donors (Lipinski definition) is 2. The lowest BCUT2D eigenvalue weighted by molar-refractivity contribution is -0.142. The number of likely N-dealkylation sites (N-methyl/N-ethyl adjacent to an activating group) is 1. The van der Waals surface area contributed by atoms with Gasteiger partial charge in [0.15, 0.2) is 5.69 Å². The highest BCUT2D eigenvalue weighted by atomic mass is 19.4. The lowest BCUT2D eigenvalue weighted by Crippen LogP contribution is -2.41. The van der Waals surface area contributed by atoms with Crippen LogP contribution in [0, 0.1) is 0 Å². The first-order chi connectivity index (χ1) is 14.7. The summed E-state index contributed by atoms with van der Waals surface area (Å²) in [5, 5.41) is 2.95. The first-order valence-corrected chi connectivity index (χ1v) is 9.69. The Kier molecular flexibility index (Phi) is 6.79. The Balaban J connectivity index is 1.76. The van der Waals surface area contributed by atoms with Crippen LogP contribution in [0.1, 0.15) is 23.2 Å². The second kappa shape index (κ2) is 9.34. The Hall–Kier alpha value is -3.14. The monoisotopic (exact) mass is 435 g/mol. The van der Waals surface area contributed by atoms with Crippen LogP contribution in [0.15, 0.2) is 41.5 Å². The molecule has 1 amide bonds. The van der Waals surface area contributed by atoms with Crippen molar-refractivity contribution in [3.05, 3.63) is 53.3 Å². The lowest BCUT2D eigenvalue weighted by Gasteiger charge is -2.16. The second-order valence-corrected chi connectivity index (χ2v) is 7.34. The van der Waals surface area contributed by atoms with Gasteiger partial charge in [0.2, 0.25) is 0 Å². The number of benzene rings is 1. The van der Waals surface area contributed by atoms with Gasteiger partial charge in [0.05, 0.1) is 0 Å². The third-order valence-corrected chi connectivity index (χ3v) is 5.00. The quantitative estimate of drug-likeness (QED) is 0.537. The number of carbonyl (C=O) groups is 1. The Labute approximate surface area is 178 Å². The van der Waals surface area contributed by atoms with Crippen LogP contribution >= 0.6 is 0 Å². The summed E-state index contributed by atoms with van der Waals surface area (Å²) in [4.78, 5) is 22.4. The van der Waals surface area contributed by atoms with Gasteiger partial charge in [0.1, 0.15) is 18.1 Å². The molecule has 1 unspecified atom stereocenters. The van der Waals surface area contributed by atoms with Gasteiger partial charge in [-0.3, -0.25) is 14.8 Å².